The molecule has 16 heavy (non-hydrogen) atoms. The lowest BCUT2D eigenvalue weighted by Gasteiger charge is -2.18. The Morgan fingerprint density at radius 3 is 2.38 bits per heavy atom. The van der Waals surface area contributed by atoms with Gasteiger partial charge in [-0.05, 0) is 56.1 Å². The van der Waals surface area contributed by atoms with Crippen LogP contribution in [0.25, 0.3) is 0 Å². The maximum absolute atomic E-state index is 6.02. The van der Waals surface area contributed by atoms with Gasteiger partial charge in [0.1, 0.15) is 5.75 Å². The number of ether oxygens (including phenoxy) is 1. The van der Waals surface area contributed by atoms with Crippen LogP contribution < -0.4 is 4.74 Å². The molecule has 0 atom stereocenters. The number of aryl methyl sites for hydroxylation is 2. The third kappa shape index (κ3) is 2.22. The molecule has 1 aliphatic carbocycles. The molecule has 1 nitrogen and oxygen atoms in total. The van der Waals surface area contributed by atoms with Gasteiger partial charge in [0.15, 0.2) is 0 Å². The van der Waals surface area contributed by atoms with Crippen LogP contribution in [0.2, 0.25) is 0 Å². The summed E-state index contributed by atoms with van der Waals surface area (Å²) in [5.41, 5.74) is 4.18. The van der Waals surface area contributed by atoms with Gasteiger partial charge in [0.25, 0.3) is 0 Å². The molecule has 2 heteroatoms. The van der Waals surface area contributed by atoms with Crippen LogP contribution in [0.1, 0.15) is 29.5 Å². The summed E-state index contributed by atoms with van der Waals surface area (Å²) >= 11 is 4.40. The topological polar surface area (TPSA) is 9.23 Å². The van der Waals surface area contributed by atoms with E-state index in [0.717, 1.165) is 18.1 Å². The van der Waals surface area contributed by atoms with Gasteiger partial charge in [-0.2, -0.15) is 12.6 Å². The summed E-state index contributed by atoms with van der Waals surface area (Å²) < 4.78 is 6.02. The van der Waals surface area contributed by atoms with Crippen molar-refractivity contribution in [1.29, 1.82) is 0 Å². The van der Waals surface area contributed by atoms with Gasteiger partial charge in [0, 0.05) is 5.41 Å². The molecule has 88 valence electrons. The van der Waals surface area contributed by atoms with E-state index in [1.54, 1.807) is 0 Å². The summed E-state index contributed by atoms with van der Waals surface area (Å²) in [7, 11) is 0. The molecular weight excluding hydrogens is 216 g/mol. The van der Waals surface area contributed by atoms with Crippen molar-refractivity contribution in [2.45, 2.75) is 33.6 Å². The Morgan fingerprint density at radius 1 is 1.19 bits per heavy atom. The van der Waals surface area contributed by atoms with Crippen LogP contribution in [-0.4, -0.2) is 12.4 Å². The molecule has 0 radical (unpaired) electrons. The molecule has 0 unspecified atom stereocenters. The molecule has 0 bridgehead atoms. The summed E-state index contributed by atoms with van der Waals surface area (Å²) in [6.45, 7) is 7.20. The largest absolute Gasteiger partial charge is 0.492 e. The minimum Gasteiger partial charge on any atom is -0.492 e. The molecule has 0 aliphatic heterocycles. The smallest absolute Gasteiger partial charge is 0.125 e. The van der Waals surface area contributed by atoms with E-state index in [2.05, 4.69) is 45.5 Å². The van der Waals surface area contributed by atoms with E-state index in [4.69, 9.17) is 4.74 Å². The molecule has 1 saturated carbocycles. The molecule has 1 aromatic carbocycles. The van der Waals surface area contributed by atoms with E-state index < -0.39 is 0 Å². The highest BCUT2D eigenvalue weighted by atomic mass is 32.1. The van der Waals surface area contributed by atoms with Crippen LogP contribution in [0.3, 0.4) is 0 Å². The second-order valence-electron chi connectivity index (χ2n) is 5.10. The Labute approximate surface area is 104 Å². The van der Waals surface area contributed by atoms with E-state index in [9.17, 15) is 0 Å². The van der Waals surface area contributed by atoms with Crippen LogP contribution in [-0.2, 0) is 0 Å². The lowest BCUT2D eigenvalue weighted by atomic mass is 10.1. The molecule has 0 spiro atoms. The molecule has 1 aromatic rings. The normalized spacial score (nSPS) is 17.2. The molecule has 0 heterocycles. The Bertz CT molecular complexity index is 394. The zero-order valence-electron chi connectivity index (χ0n) is 10.3. The highest BCUT2D eigenvalue weighted by Crippen LogP contribution is 2.47. The molecule has 1 aliphatic rings. The van der Waals surface area contributed by atoms with Crippen molar-refractivity contribution in [2.75, 3.05) is 12.4 Å². The third-order valence-corrected chi connectivity index (χ3v) is 4.36. The quantitative estimate of drug-likeness (QED) is 0.784. The molecule has 0 amide bonds. The molecule has 0 aromatic heterocycles. The predicted molar refractivity (Wildman–Crippen MR) is 71.7 cm³/mol. The highest BCUT2D eigenvalue weighted by Gasteiger charge is 2.42. The summed E-state index contributed by atoms with van der Waals surface area (Å²) in [6.07, 6.45) is 2.53. The first-order valence-electron chi connectivity index (χ1n) is 5.88. The summed E-state index contributed by atoms with van der Waals surface area (Å²) in [5, 5.41) is 0. The SMILES string of the molecule is Cc1ccc(C)c(OCC2(CS)CC2)c1C. The maximum Gasteiger partial charge on any atom is 0.125 e. The Morgan fingerprint density at radius 2 is 1.81 bits per heavy atom. The van der Waals surface area contributed by atoms with E-state index in [0.29, 0.717) is 5.41 Å². The van der Waals surface area contributed by atoms with Crippen LogP contribution in [0.15, 0.2) is 12.1 Å². The average Bonchev–Trinajstić information content (AvgIpc) is 3.05. The van der Waals surface area contributed by atoms with Gasteiger partial charge in [0.05, 0.1) is 6.61 Å². The summed E-state index contributed by atoms with van der Waals surface area (Å²) in [5.74, 6) is 2.02. The van der Waals surface area contributed by atoms with Crippen molar-refractivity contribution >= 4 is 12.6 Å². The van der Waals surface area contributed by atoms with Crippen molar-refractivity contribution < 1.29 is 4.74 Å². The van der Waals surface area contributed by atoms with E-state index >= 15 is 0 Å². The van der Waals surface area contributed by atoms with Gasteiger partial charge in [-0.15, -0.1) is 0 Å². The zero-order chi connectivity index (χ0) is 11.8. The fourth-order valence-corrected chi connectivity index (χ4v) is 2.31. The summed E-state index contributed by atoms with van der Waals surface area (Å²) in [6, 6.07) is 4.29. The number of benzene rings is 1. The van der Waals surface area contributed by atoms with Crippen LogP contribution in [0.4, 0.5) is 0 Å². The van der Waals surface area contributed by atoms with Gasteiger partial charge in [-0.3, -0.25) is 0 Å². The van der Waals surface area contributed by atoms with E-state index in [-0.39, 0.29) is 0 Å². The average molecular weight is 236 g/mol. The van der Waals surface area contributed by atoms with Gasteiger partial charge in [-0.25, -0.2) is 0 Å². The van der Waals surface area contributed by atoms with E-state index in [1.807, 2.05) is 0 Å². The van der Waals surface area contributed by atoms with Crippen LogP contribution in [0, 0.1) is 26.2 Å². The van der Waals surface area contributed by atoms with E-state index in [1.165, 1.54) is 29.5 Å². The molecule has 2 rings (SSSR count). The Hall–Kier alpha value is -0.630. The van der Waals surface area contributed by atoms with Crippen molar-refractivity contribution in [3.8, 4) is 5.75 Å². The minimum absolute atomic E-state index is 0.367. The Balaban J connectivity index is 2.12. The van der Waals surface area contributed by atoms with Gasteiger partial charge < -0.3 is 4.74 Å². The van der Waals surface area contributed by atoms with Crippen molar-refractivity contribution in [2.24, 2.45) is 5.41 Å². The number of thiol groups is 1. The first-order chi connectivity index (χ1) is 7.58. The van der Waals surface area contributed by atoms with Gasteiger partial charge >= 0.3 is 0 Å². The Kier molecular flexibility index (Phi) is 3.20. The molecule has 0 saturated heterocycles. The second kappa shape index (κ2) is 4.33. The summed E-state index contributed by atoms with van der Waals surface area (Å²) in [4.78, 5) is 0. The predicted octanol–water partition coefficient (Wildman–Crippen LogP) is 3.70. The first kappa shape index (κ1) is 11.8. The molecular formula is C14H20OS. The van der Waals surface area contributed by atoms with Crippen LogP contribution >= 0.6 is 12.6 Å². The molecule has 0 N–H and O–H groups in total. The second-order valence-corrected chi connectivity index (χ2v) is 5.42. The van der Waals surface area contributed by atoms with Crippen molar-refractivity contribution in [1.82, 2.24) is 0 Å². The number of rotatable bonds is 4. The zero-order valence-corrected chi connectivity index (χ0v) is 11.2. The standard InChI is InChI=1S/C14H20OS/c1-10-4-5-11(2)13(12(10)3)15-8-14(9-16)6-7-14/h4-5,16H,6-9H2,1-3H3. The fourth-order valence-electron chi connectivity index (χ4n) is 1.90. The van der Waals surface area contributed by atoms with Gasteiger partial charge in [0.2, 0.25) is 0 Å². The maximum atomic E-state index is 6.02. The molecule has 1 fully saturated rings. The van der Waals surface area contributed by atoms with Crippen molar-refractivity contribution in [3.05, 3.63) is 28.8 Å². The number of hydrogen-bond donors (Lipinski definition) is 1. The third-order valence-electron chi connectivity index (χ3n) is 3.69. The monoisotopic (exact) mass is 236 g/mol. The first-order valence-corrected chi connectivity index (χ1v) is 6.52. The lowest BCUT2D eigenvalue weighted by Crippen LogP contribution is -2.15. The number of hydrogen-bond acceptors (Lipinski definition) is 2. The van der Waals surface area contributed by atoms with Crippen molar-refractivity contribution in [3.63, 3.8) is 0 Å². The minimum atomic E-state index is 0.367. The van der Waals surface area contributed by atoms with Crippen LogP contribution in [0.5, 0.6) is 5.75 Å². The fraction of sp³-hybridized carbons (Fsp3) is 0.571. The van der Waals surface area contributed by atoms with Gasteiger partial charge in [-0.1, -0.05) is 12.1 Å². The lowest BCUT2D eigenvalue weighted by molar-refractivity contribution is 0.247. The highest BCUT2D eigenvalue weighted by molar-refractivity contribution is 7.80.